The van der Waals surface area contributed by atoms with E-state index >= 15 is 0 Å². The molecule has 2 aromatic heterocycles. The molecule has 3 amide bonds. The lowest BCUT2D eigenvalue weighted by Crippen LogP contribution is -2.46. The van der Waals surface area contributed by atoms with E-state index in [2.05, 4.69) is 30.9 Å². The minimum absolute atomic E-state index is 0.0674. The van der Waals surface area contributed by atoms with Crippen LogP contribution in [0.4, 0.5) is 16.4 Å². The smallest absolute Gasteiger partial charge is 0.414 e. The van der Waals surface area contributed by atoms with Gasteiger partial charge in [0.15, 0.2) is 0 Å². The molecule has 222 valence electrons. The van der Waals surface area contributed by atoms with Crippen LogP contribution < -0.4 is 26.4 Å². The Labute approximate surface area is 249 Å². The number of H-pyrrole nitrogens is 1. The second kappa shape index (κ2) is 12.9. The largest absolute Gasteiger partial charge is 0.508 e. The van der Waals surface area contributed by atoms with Gasteiger partial charge in [0, 0.05) is 29.7 Å². The normalized spacial score (nSPS) is 13.4. The molecule has 1 saturated heterocycles. The number of hydrogen-bond acceptors (Lipinski definition) is 8. The number of anilines is 2. The van der Waals surface area contributed by atoms with Gasteiger partial charge in [-0.05, 0) is 68.2 Å². The Bertz CT molecular complexity index is 1760. The van der Waals surface area contributed by atoms with Gasteiger partial charge in [0.2, 0.25) is 5.95 Å². The van der Waals surface area contributed by atoms with Crippen LogP contribution in [-0.2, 0) is 6.42 Å². The van der Waals surface area contributed by atoms with E-state index in [1.54, 1.807) is 24.3 Å². The highest BCUT2D eigenvalue weighted by Crippen LogP contribution is 2.25. The molecule has 5 rings (SSSR count). The van der Waals surface area contributed by atoms with E-state index in [0.29, 0.717) is 43.3 Å². The first-order valence-corrected chi connectivity index (χ1v) is 13.9. The van der Waals surface area contributed by atoms with Gasteiger partial charge in [-0.1, -0.05) is 29.8 Å². The Kier molecular flexibility index (Phi) is 8.83. The Morgan fingerprint density at radius 3 is 2.58 bits per heavy atom. The summed E-state index contributed by atoms with van der Waals surface area (Å²) in [5.41, 5.74) is 0.0908. The van der Waals surface area contributed by atoms with Crippen molar-refractivity contribution in [2.45, 2.75) is 25.3 Å². The molecular weight excluding hydrogens is 578 g/mol. The number of carbonyl (C=O) groups excluding carboxylic acids is 2. The highest BCUT2D eigenvalue weighted by molar-refractivity contribution is 6.34. The number of aromatic amines is 1. The van der Waals surface area contributed by atoms with Gasteiger partial charge in [-0.2, -0.15) is 4.98 Å². The minimum atomic E-state index is -1.20. The number of carboxylic acid groups (broad SMARTS) is 1. The number of piperidine rings is 1. The number of benzene rings is 2. The van der Waals surface area contributed by atoms with Crippen molar-refractivity contribution in [2.75, 3.05) is 29.9 Å². The molecule has 0 radical (unpaired) electrons. The third kappa shape index (κ3) is 6.74. The molecule has 0 atom stereocenters. The van der Waals surface area contributed by atoms with Gasteiger partial charge in [0.05, 0.1) is 10.7 Å². The van der Waals surface area contributed by atoms with Crippen molar-refractivity contribution >= 4 is 52.2 Å². The number of phenols is 1. The lowest BCUT2D eigenvalue weighted by atomic mass is 10.1. The Hall–Kier alpha value is -5.01. The van der Waals surface area contributed by atoms with Gasteiger partial charge < -0.3 is 31.1 Å². The summed E-state index contributed by atoms with van der Waals surface area (Å²) in [6.07, 6.45) is 1.74. The van der Waals surface area contributed by atoms with Gasteiger partial charge in [0.1, 0.15) is 17.0 Å². The average Bonchev–Trinajstić information content (AvgIpc) is 2.99. The number of fused-ring (bicyclic) bond motifs is 1. The third-order valence-corrected chi connectivity index (χ3v) is 7.40. The lowest BCUT2D eigenvalue weighted by molar-refractivity contribution is 0.0952. The van der Waals surface area contributed by atoms with Crippen LogP contribution in [-0.4, -0.2) is 68.7 Å². The minimum Gasteiger partial charge on any atom is -0.508 e. The van der Waals surface area contributed by atoms with Crippen molar-refractivity contribution in [2.24, 2.45) is 0 Å². The zero-order valence-corrected chi connectivity index (χ0v) is 23.5. The second-order valence-electron chi connectivity index (χ2n) is 9.90. The fraction of sp³-hybridized carbons (Fsp3) is 0.241. The van der Waals surface area contributed by atoms with Crippen molar-refractivity contribution in [3.63, 3.8) is 0 Å². The molecule has 0 unspecified atom stereocenters. The number of nitrogens with one attached hydrogen (secondary N) is 4. The van der Waals surface area contributed by atoms with Crippen molar-refractivity contribution < 1.29 is 24.6 Å². The molecule has 2 aromatic carbocycles. The summed E-state index contributed by atoms with van der Waals surface area (Å²) in [5, 5.41) is 28.7. The first-order valence-electron chi connectivity index (χ1n) is 13.5. The number of halogens is 1. The molecule has 43 heavy (non-hydrogen) atoms. The molecule has 14 heteroatoms. The summed E-state index contributed by atoms with van der Waals surface area (Å²) in [4.78, 5) is 62.8. The second-order valence-corrected chi connectivity index (χ2v) is 10.3. The quantitative estimate of drug-likeness (QED) is 0.175. The van der Waals surface area contributed by atoms with Crippen LogP contribution in [0.5, 0.6) is 5.75 Å². The number of hydrogen-bond donors (Lipinski definition) is 6. The van der Waals surface area contributed by atoms with Crippen molar-refractivity contribution in [1.29, 1.82) is 0 Å². The van der Waals surface area contributed by atoms with E-state index in [9.17, 15) is 29.4 Å². The highest BCUT2D eigenvalue weighted by Gasteiger charge is 2.29. The molecule has 0 bridgehead atoms. The topological polar surface area (TPSA) is 190 Å². The fourth-order valence-corrected chi connectivity index (χ4v) is 4.99. The summed E-state index contributed by atoms with van der Waals surface area (Å²) in [6.45, 7) is 1.59. The Morgan fingerprint density at radius 2 is 1.84 bits per heavy atom. The maximum Gasteiger partial charge on any atom is 0.414 e. The molecule has 4 aromatic rings. The molecule has 0 spiro atoms. The number of para-hydroxylation sites is 1. The molecule has 1 fully saturated rings. The van der Waals surface area contributed by atoms with Crippen LogP contribution in [0.1, 0.15) is 39.1 Å². The summed E-state index contributed by atoms with van der Waals surface area (Å²) < 4.78 is 0. The molecule has 3 heterocycles. The summed E-state index contributed by atoms with van der Waals surface area (Å²) in [5.74, 6) is -1.13. The monoisotopic (exact) mass is 605 g/mol. The van der Waals surface area contributed by atoms with Gasteiger partial charge in [-0.25, -0.2) is 14.7 Å². The zero-order chi connectivity index (χ0) is 30.5. The van der Waals surface area contributed by atoms with Crippen LogP contribution in [0.2, 0.25) is 5.02 Å². The molecule has 1 aliphatic rings. The van der Waals surface area contributed by atoms with Gasteiger partial charge in [-0.3, -0.25) is 14.4 Å². The molecule has 6 N–H and O–H groups in total. The lowest BCUT2D eigenvalue weighted by Gasteiger charge is -2.30. The highest BCUT2D eigenvalue weighted by atomic mass is 35.5. The van der Waals surface area contributed by atoms with Crippen molar-refractivity contribution in [3.8, 4) is 5.75 Å². The SMILES string of the molecule is O=C(NCCc1ccccc1O)c1ccc(Cl)c(NC(=O)c2cc3cnc(N(C(=O)O)C4CCNCC4)nc3[nH]c2=O)c1. The average molecular weight is 606 g/mol. The van der Waals surface area contributed by atoms with Gasteiger partial charge in [-0.15, -0.1) is 0 Å². The summed E-state index contributed by atoms with van der Waals surface area (Å²) in [6, 6.07) is 12.2. The summed E-state index contributed by atoms with van der Waals surface area (Å²) >= 11 is 6.27. The standard InChI is InChI=1S/C29H28ClN7O6/c30-21-6-5-17(25(39)32-12-7-16-3-1-2-4-23(16)38)14-22(21)34-26(40)20-13-18-15-33-28(36-24(18)35-27(20)41)37(29(42)43)19-8-10-31-11-9-19/h1-6,13-15,19,31,38H,7-12H2,(H,32,39)(H,34,40)(H,42,43)(H,33,35,36,41). The van der Waals surface area contributed by atoms with E-state index < -0.39 is 23.5 Å². The van der Waals surface area contributed by atoms with E-state index in [1.807, 2.05) is 0 Å². The molecule has 0 aliphatic carbocycles. The molecule has 13 nitrogen and oxygen atoms in total. The van der Waals surface area contributed by atoms with Crippen LogP contribution in [0.3, 0.4) is 0 Å². The maximum atomic E-state index is 13.1. The predicted octanol–water partition coefficient (Wildman–Crippen LogP) is 3.14. The van der Waals surface area contributed by atoms with Crippen LogP contribution in [0.25, 0.3) is 11.0 Å². The number of rotatable bonds is 8. The van der Waals surface area contributed by atoms with E-state index in [1.165, 1.54) is 30.5 Å². The number of aromatic hydroxyl groups is 1. The summed E-state index contributed by atoms with van der Waals surface area (Å²) in [7, 11) is 0. The predicted molar refractivity (Wildman–Crippen MR) is 160 cm³/mol. The van der Waals surface area contributed by atoms with Crippen LogP contribution >= 0.6 is 11.6 Å². The maximum absolute atomic E-state index is 13.1. The van der Waals surface area contributed by atoms with Crippen molar-refractivity contribution in [1.82, 2.24) is 25.6 Å². The number of carbonyl (C=O) groups is 3. The first kappa shape index (κ1) is 29.5. The van der Waals surface area contributed by atoms with Crippen LogP contribution in [0.15, 0.2) is 59.5 Å². The molecule has 1 aliphatic heterocycles. The van der Waals surface area contributed by atoms with Gasteiger partial charge in [0.25, 0.3) is 17.4 Å². The third-order valence-electron chi connectivity index (χ3n) is 7.07. The van der Waals surface area contributed by atoms with E-state index in [4.69, 9.17) is 11.6 Å². The first-order chi connectivity index (χ1) is 20.7. The fourth-order valence-electron chi connectivity index (χ4n) is 4.83. The van der Waals surface area contributed by atoms with E-state index in [-0.39, 0.29) is 51.8 Å². The molecule has 0 saturated carbocycles. The number of aromatic nitrogens is 3. The number of phenolic OH excluding ortho intramolecular Hbond substituents is 1. The Morgan fingerprint density at radius 1 is 1.07 bits per heavy atom. The number of amides is 3. The van der Waals surface area contributed by atoms with Gasteiger partial charge >= 0.3 is 6.09 Å². The number of nitrogens with zero attached hydrogens (tertiary/aromatic N) is 3. The number of pyridine rings is 1. The zero-order valence-electron chi connectivity index (χ0n) is 22.8. The van der Waals surface area contributed by atoms with E-state index in [0.717, 1.165) is 4.90 Å². The Balaban J connectivity index is 1.31. The van der Waals surface area contributed by atoms with Crippen molar-refractivity contribution in [3.05, 3.63) is 86.8 Å². The van der Waals surface area contributed by atoms with Crippen LogP contribution in [0, 0.1) is 0 Å². The molecular formula is C29H28ClN7O6.